The predicted molar refractivity (Wildman–Crippen MR) is 129 cm³/mol. The molecule has 1 aromatic rings. The van der Waals surface area contributed by atoms with Gasteiger partial charge < -0.3 is 15.4 Å². The van der Waals surface area contributed by atoms with Crippen molar-refractivity contribution in [1.29, 1.82) is 0 Å². The molecule has 0 spiro atoms. The summed E-state index contributed by atoms with van der Waals surface area (Å²) in [6.07, 6.45) is 3.72. The maximum atomic E-state index is 5.69. The molecule has 0 amide bonds. The molecule has 5 nitrogen and oxygen atoms in total. The standard InChI is InChI=1S/C22H38N4O.HI/c1-4-23-22(24-13-8-14-27-18-19-11-12-19)25-16-20-9-7-10-21(15-20)17-26(5-2)6-3;/h7,9-10,15,19H,4-6,8,11-14,16-18H2,1-3H3,(H2,23,24,25);1H. The molecule has 1 aliphatic carbocycles. The van der Waals surface area contributed by atoms with Crippen molar-refractivity contribution in [1.82, 2.24) is 15.5 Å². The molecule has 28 heavy (non-hydrogen) atoms. The van der Waals surface area contributed by atoms with Crippen molar-refractivity contribution >= 4 is 29.9 Å². The molecule has 0 bridgehead atoms. The van der Waals surface area contributed by atoms with Gasteiger partial charge >= 0.3 is 0 Å². The van der Waals surface area contributed by atoms with Gasteiger partial charge in [-0.25, -0.2) is 4.99 Å². The minimum absolute atomic E-state index is 0. The summed E-state index contributed by atoms with van der Waals surface area (Å²) in [5, 5.41) is 6.74. The maximum Gasteiger partial charge on any atom is 0.191 e. The van der Waals surface area contributed by atoms with Crippen molar-refractivity contribution in [2.24, 2.45) is 10.9 Å². The van der Waals surface area contributed by atoms with E-state index in [1.54, 1.807) is 0 Å². The number of nitrogens with zero attached hydrogens (tertiary/aromatic N) is 2. The van der Waals surface area contributed by atoms with E-state index in [2.05, 4.69) is 60.6 Å². The van der Waals surface area contributed by atoms with Crippen LogP contribution in [0.2, 0.25) is 0 Å². The Morgan fingerprint density at radius 1 is 1.14 bits per heavy atom. The summed E-state index contributed by atoms with van der Waals surface area (Å²) in [6, 6.07) is 8.78. The molecule has 2 rings (SSSR count). The minimum Gasteiger partial charge on any atom is -0.381 e. The summed E-state index contributed by atoms with van der Waals surface area (Å²) in [4.78, 5) is 7.17. The van der Waals surface area contributed by atoms with Crippen LogP contribution in [0.5, 0.6) is 0 Å². The zero-order valence-corrected chi connectivity index (χ0v) is 20.2. The van der Waals surface area contributed by atoms with Crippen LogP contribution in [0.3, 0.4) is 0 Å². The molecule has 6 heteroatoms. The fraction of sp³-hybridized carbons (Fsp3) is 0.682. The average Bonchev–Trinajstić information content (AvgIpc) is 3.51. The molecule has 1 saturated carbocycles. The van der Waals surface area contributed by atoms with Crippen LogP contribution in [0.4, 0.5) is 0 Å². The normalized spacial score (nSPS) is 14.1. The van der Waals surface area contributed by atoms with Crippen LogP contribution in [0.15, 0.2) is 29.3 Å². The first-order valence-electron chi connectivity index (χ1n) is 10.6. The quantitative estimate of drug-likeness (QED) is 0.185. The molecule has 2 N–H and O–H groups in total. The van der Waals surface area contributed by atoms with Crippen LogP contribution in [-0.2, 0) is 17.8 Å². The van der Waals surface area contributed by atoms with Crippen molar-refractivity contribution in [3.8, 4) is 0 Å². The van der Waals surface area contributed by atoms with Gasteiger partial charge in [-0.05, 0) is 56.3 Å². The highest BCUT2D eigenvalue weighted by atomic mass is 127. The number of nitrogens with one attached hydrogen (secondary N) is 2. The van der Waals surface area contributed by atoms with Crippen LogP contribution in [-0.4, -0.2) is 50.3 Å². The van der Waals surface area contributed by atoms with Gasteiger partial charge in [0, 0.05) is 32.8 Å². The van der Waals surface area contributed by atoms with Gasteiger partial charge in [0.15, 0.2) is 5.96 Å². The zero-order valence-electron chi connectivity index (χ0n) is 17.9. The van der Waals surface area contributed by atoms with Crippen molar-refractivity contribution in [2.45, 2.75) is 53.1 Å². The van der Waals surface area contributed by atoms with Crippen LogP contribution in [0.25, 0.3) is 0 Å². The van der Waals surface area contributed by atoms with Crippen LogP contribution < -0.4 is 10.6 Å². The first-order chi connectivity index (χ1) is 13.2. The Kier molecular flexibility index (Phi) is 13.5. The number of guanidine groups is 1. The molecule has 0 atom stereocenters. The lowest BCUT2D eigenvalue weighted by atomic mass is 10.1. The average molecular weight is 502 g/mol. The highest BCUT2D eigenvalue weighted by molar-refractivity contribution is 14.0. The molecule has 0 radical (unpaired) electrons. The van der Waals surface area contributed by atoms with Crippen molar-refractivity contribution in [3.63, 3.8) is 0 Å². The Hall–Kier alpha value is -0.860. The second-order valence-corrected chi connectivity index (χ2v) is 7.28. The van der Waals surface area contributed by atoms with E-state index in [9.17, 15) is 0 Å². The van der Waals surface area contributed by atoms with Gasteiger partial charge in [0.2, 0.25) is 0 Å². The first kappa shape index (κ1) is 25.2. The van der Waals surface area contributed by atoms with E-state index in [-0.39, 0.29) is 24.0 Å². The summed E-state index contributed by atoms with van der Waals surface area (Å²) in [5.74, 6) is 1.73. The zero-order chi connectivity index (χ0) is 19.3. The third-order valence-electron chi connectivity index (χ3n) is 4.86. The van der Waals surface area contributed by atoms with Gasteiger partial charge in [-0.1, -0.05) is 38.1 Å². The number of benzene rings is 1. The Balaban J connectivity index is 0.00000392. The third-order valence-corrected chi connectivity index (χ3v) is 4.86. The SMILES string of the molecule is CCNC(=NCc1cccc(CN(CC)CC)c1)NCCCOCC1CC1.I. The first-order valence-corrected chi connectivity index (χ1v) is 10.6. The van der Waals surface area contributed by atoms with Gasteiger partial charge in [0.1, 0.15) is 0 Å². The second-order valence-electron chi connectivity index (χ2n) is 7.28. The fourth-order valence-electron chi connectivity index (χ4n) is 2.96. The van der Waals surface area contributed by atoms with Crippen LogP contribution in [0, 0.1) is 5.92 Å². The summed E-state index contributed by atoms with van der Waals surface area (Å²) < 4.78 is 5.69. The lowest BCUT2D eigenvalue weighted by molar-refractivity contribution is 0.123. The lowest BCUT2D eigenvalue weighted by Crippen LogP contribution is -2.38. The Bertz CT molecular complexity index is 559. The molecule has 1 aromatic carbocycles. The van der Waals surface area contributed by atoms with Crippen LogP contribution in [0.1, 0.15) is 51.2 Å². The van der Waals surface area contributed by atoms with Crippen LogP contribution >= 0.6 is 24.0 Å². The lowest BCUT2D eigenvalue weighted by Gasteiger charge is -2.18. The van der Waals surface area contributed by atoms with E-state index >= 15 is 0 Å². The Morgan fingerprint density at radius 3 is 2.57 bits per heavy atom. The number of aliphatic imine (C=N–C) groups is 1. The van der Waals surface area contributed by atoms with Gasteiger partial charge in [0.25, 0.3) is 0 Å². The summed E-state index contributed by atoms with van der Waals surface area (Å²) >= 11 is 0. The molecule has 0 unspecified atom stereocenters. The summed E-state index contributed by atoms with van der Waals surface area (Å²) in [5.41, 5.74) is 2.61. The largest absolute Gasteiger partial charge is 0.381 e. The molecule has 0 aliphatic heterocycles. The van der Waals surface area contributed by atoms with E-state index in [0.717, 1.165) is 64.2 Å². The summed E-state index contributed by atoms with van der Waals surface area (Å²) in [7, 11) is 0. The number of hydrogen-bond donors (Lipinski definition) is 2. The molecule has 0 heterocycles. The summed E-state index contributed by atoms with van der Waals surface area (Å²) in [6.45, 7) is 13.9. The van der Waals surface area contributed by atoms with Crippen molar-refractivity contribution in [2.75, 3.05) is 39.4 Å². The van der Waals surface area contributed by atoms with Crippen molar-refractivity contribution < 1.29 is 4.74 Å². The fourth-order valence-corrected chi connectivity index (χ4v) is 2.96. The van der Waals surface area contributed by atoms with E-state index < -0.39 is 0 Å². The number of hydrogen-bond acceptors (Lipinski definition) is 3. The predicted octanol–water partition coefficient (Wildman–Crippen LogP) is 4.02. The number of ether oxygens (including phenoxy) is 1. The van der Waals surface area contributed by atoms with Gasteiger partial charge in [-0.3, -0.25) is 4.90 Å². The molecule has 0 saturated heterocycles. The molecular weight excluding hydrogens is 463 g/mol. The highest BCUT2D eigenvalue weighted by Gasteiger charge is 2.20. The van der Waals surface area contributed by atoms with E-state index in [4.69, 9.17) is 9.73 Å². The topological polar surface area (TPSA) is 48.9 Å². The second kappa shape index (κ2) is 15.0. The number of rotatable bonds is 13. The molecular formula is C22H39IN4O. The number of halogens is 1. The van der Waals surface area contributed by atoms with Crippen molar-refractivity contribution in [3.05, 3.63) is 35.4 Å². The maximum absolute atomic E-state index is 5.69. The molecule has 0 aromatic heterocycles. The van der Waals surface area contributed by atoms with E-state index in [1.807, 2.05) is 0 Å². The van der Waals surface area contributed by atoms with Gasteiger partial charge in [-0.15, -0.1) is 24.0 Å². The molecule has 160 valence electrons. The van der Waals surface area contributed by atoms with Gasteiger partial charge in [-0.2, -0.15) is 0 Å². The van der Waals surface area contributed by atoms with Gasteiger partial charge in [0.05, 0.1) is 6.54 Å². The minimum atomic E-state index is 0. The third kappa shape index (κ3) is 10.6. The smallest absolute Gasteiger partial charge is 0.191 e. The van der Waals surface area contributed by atoms with E-state index in [1.165, 1.54) is 24.0 Å². The Labute approximate surface area is 188 Å². The molecule has 1 fully saturated rings. The monoisotopic (exact) mass is 502 g/mol. The molecule has 1 aliphatic rings. The highest BCUT2D eigenvalue weighted by Crippen LogP contribution is 2.28. The van der Waals surface area contributed by atoms with E-state index in [0.29, 0.717) is 6.54 Å². The Morgan fingerprint density at radius 2 is 1.89 bits per heavy atom.